The predicted molar refractivity (Wildman–Crippen MR) is 127 cm³/mol. The zero-order chi connectivity index (χ0) is 23.2. The van der Waals surface area contributed by atoms with Gasteiger partial charge in [-0.2, -0.15) is 0 Å². The maximum absolute atomic E-state index is 12.2. The van der Waals surface area contributed by atoms with Crippen LogP contribution in [0.4, 0.5) is 0 Å². The second-order valence-corrected chi connectivity index (χ2v) is 7.64. The summed E-state index contributed by atoms with van der Waals surface area (Å²) in [5.74, 6) is -1.25. The summed E-state index contributed by atoms with van der Waals surface area (Å²) < 4.78 is 5.19. The van der Waals surface area contributed by atoms with Gasteiger partial charge in [0, 0.05) is 32.4 Å². The van der Waals surface area contributed by atoms with Gasteiger partial charge in [0.1, 0.15) is 0 Å². The summed E-state index contributed by atoms with van der Waals surface area (Å²) in [4.78, 5) is 37.1. The molecule has 0 fully saturated rings. The van der Waals surface area contributed by atoms with Crippen molar-refractivity contribution in [3.8, 4) is 0 Å². The summed E-state index contributed by atoms with van der Waals surface area (Å²) >= 11 is 5.35. The van der Waals surface area contributed by atoms with Gasteiger partial charge >= 0.3 is 5.97 Å². The smallest absolute Gasteiger partial charge is 0.306 e. The molecule has 0 aliphatic carbocycles. The van der Waals surface area contributed by atoms with Crippen LogP contribution < -0.4 is 11.1 Å². The monoisotopic (exact) mass is 455 g/mol. The molecular weight excluding hydrogens is 426 g/mol. The number of rotatable bonds is 12. The molecule has 7 nitrogen and oxygen atoms in total. The molecule has 0 saturated carbocycles. The van der Waals surface area contributed by atoms with E-state index < -0.39 is 11.9 Å². The van der Waals surface area contributed by atoms with Crippen LogP contribution in [0.5, 0.6) is 0 Å². The fourth-order valence-corrected chi connectivity index (χ4v) is 3.24. The Morgan fingerprint density at radius 3 is 2.03 bits per heavy atom. The first-order valence-corrected chi connectivity index (χ1v) is 11.0. The number of amides is 2. The van der Waals surface area contributed by atoms with Crippen molar-refractivity contribution in [2.24, 2.45) is 5.73 Å². The quantitative estimate of drug-likeness (QED) is 0.376. The summed E-state index contributed by atoms with van der Waals surface area (Å²) in [5.41, 5.74) is 7.45. The molecule has 0 spiro atoms. The molecule has 0 unspecified atom stereocenters. The molecular formula is C24H29N3O4S. The van der Waals surface area contributed by atoms with Gasteiger partial charge < -0.3 is 20.7 Å². The normalized spacial score (nSPS) is 10.2. The van der Waals surface area contributed by atoms with E-state index in [1.54, 1.807) is 4.90 Å². The van der Waals surface area contributed by atoms with E-state index in [1.807, 2.05) is 60.7 Å². The third-order valence-electron chi connectivity index (χ3n) is 4.73. The molecule has 2 aromatic carbocycles. The van der Waals surface area contributed by atoms with Crippen molar-refractivity contribution in [1.29, 1.82) is 0 Å². The number of thiocarbonyl (C=S) groups is 1. The molecule has 32 heavy (non-hydrogen) atoms. The van der Waals surface area contributed by atoms with Crippen molar-refractivity contribution in [2.75, 3.05) is 19.7 Å². The molecule has 0 atom stereocenters. The lowest BCUT2D eigenvalue weighted by molar-refractivity contribution is -0.144. The molecule has 2 amide bonds. The minimum absolute atomic E-state index is 0.0332. The molecule has 0 bridgehead atoms. The molecule has 8 heteroatoms. The topological polar surface area (TPSA) is 102 Å². The van der Waals surface area contributed by atoms with Crippen LogP contribution in [0.15, 0.2) is 60.7 Å². The number of primary amides is 1. The average Bonchev–Trinajstić information content (AvgIpc) is 2.79. The Balaban J connectivity index is 1.74. The first kappa shape index (κ1) is 25.0. The highest BCUT2D eigenvalue weighted by Crippen LogP contribution is 2.04. The van der Waals surface area contributed by atoms with Crippen LogP contribution in [-0.2, 0) is 32.0 Å². The third-order valence-corrected chi connectivity index (χ3v) is 5.09. The number of ether oxygens (including phenoxy) is 1. The molecule has 2 aromatic rings. The molecule has 0 aliphatic heterocycles. The van der Waals surface area contributed by atoms with E-state index in [-0.39, 0.29) is 36.9 Å². The summed E-state index contributed by atoms with van der Waals surface area (Å²) in [7, 11) is 0. The van der Waals surface area contributed by atoms with Crippen LogP contribution in [0, 0.1) is 0 Å². The van der Waals surface area contributed by atoms with Gasteiger partial charge in [-0.15, -0.1) is 0 Å². The molecule has 3 N–H and O–H groups in total. The van der Waals surface area contributed by atoms with Gasteiger partial charge in [-0.05, 0) is 29.8 Å². The summed E-state index contributed by atoms with van der Waals surface area (Å²) in [6.45, 7) is 1.10. The highest BCUT2D eigenvalue weighted by atomic mass is 32.1. The molecule has 0 aliphatic rings. The van der Waals surface area contributed by atoms with E-state index in [0.29, 0.717) is 25.9 Å². The van der Waals surface area contributed by atoms with Gasteiger partial charge in [0.25, 0.3) is 0 Å². The number of esters is 1. The minimum Gasteiger partial charge on any atom is -0.465 e. The summed E-state index contributed by atoms with van der Waals surface area (Å²) in [6, 6.07) is 19.5. The van der Waals surface area contributed by atoms with E-state index in [9.17, 15) is 14.4 Å². The van der Waals surface area contributed by atoms with Crippen molar-refractivity contribution >= 4 is 35.1 Å². The second kappa shape index (κ2) is 13.9. The van der Waals surface area contributed by atoms with Crippen molar-refractivity contribution in [1.82, 2.24) is 10.2 Å². The maximum atomic E-state index is 12.2. The second-order valence-electron chi connectivity index (χ2n) is 7.25. The molecule has 0 saturated heterocycles. The fraction of sp³-hybridized carbons (Fsp3) is 0.333. The Bertz CT molecular complexity index is 891. The number of carbonyl (C=O) groups excluding carboxylic acids is 3. The molecule has 2 rings (SSSR count). The molecule has 0 aromatic heterocycles. The molecule has 0 heterocycles. The Morgan fingerprint density at radius 1 is 0.844 bits per heavy atom. The number of hydrogen-bond acceptors (Lipinski definition) is 5. The van der Waals surface area contributed by atoms with Gasteiger partial charge in [-0.25, -0.2) is 0 Å². The summed E-state index contributed by atoms with van der Waals surface area (Å²) in [6.07, 6.45) is 1.38. The Kier molecular flexibility index (Phi) is 10.9. The highest BCUT2D eigenvalue weighted by molar-refractivity contribution is 7.80. The number of nitrogens with zero attached hydrogens (tertiary/aromatic N) is 1. The maximum Gasteiger partial charge on any atom is 0.306 e. The Hall–Kier alpha value is -3.26. The number of benzene rings is 2. The average molecular weight is 456 g/mol. The van der Waals surface area contributed by atoms with E-state index in [4.69, 9.17) is 22.7 Å². The lowest BCUT2D eigenvalue weighted by Gasteiger charge is -2.25. The van der Waals surface area contributed by atoms with E-state index >= 15 is 0 Å². The van der Waals surface area contributed by atoms with E-state index in [0.717, 1.165) is 11.1 Å². The van der Waals surface area contributed by atoms with Crippen LogP contribution in [0.25, 0.3) is 0 Å². The largest absolute Gasteiger partial charge is 0.465 e. The zero-order valence-electron chi connectivity index (χ0n) is 18.0. The van der Waals surface area contributed by atoms with Crippen LogP contribution >= 0.6 is 12.2 Å². The zero-order valence-corrected chi connectivity index (χ0v) is 18.8. The molecule has 0 radical (unpaired) electrons. The Labute approximate surface area is 193 Å². The number of carbonyl (C=O) groups is 3. The van der Waals surface area contributed by atoms with Gasteiger partial charge in [-0.1, -0.05) is 60.7 Å². The van der Waals surface area contributed by atoms with Crippen molar-refractivity contribution in [3.63, 3.8) is 0 Å². The lowest BCUT2D eigenvalue weighted by Crippen LogP contribution is -2.44. The standard InChI is InChI=1S/C24H29N3O4S/c25-21(28)14-17-27(16-13-19-7-3-1-4-8-19)24(32)26-22(29)11-12-23(30)31-18-15-20-9-5-2-6-10-20/h1-10H,11-18H2,(H2,25,28)(H,26,29,32). The van der Waals surface area contributed by atoms with Crippen molar-refractivity contribution < 1.29 is 19.1 Å². The van der Waals surface area contributed by atoms with Crippen LogP contribution in [0.2, 0.25) is 0 Å². The fourth-order valence-electron chi connectivity index (χ4n) is 2.94. The van der Waals surface area contributed by atoms with Crippen LogP contribution in [-0.4, -0.2) is 47.5 Å². The van der Waals surface area contributed by atoms with Crippen LogP contribution in [0.1, 0.15) is 30.4 Å². The number of nitrogens with one attached hydrogen (secondary N) is 1. The predicted octanol–water partition coefficient (Wildman–Crippen LogP) is 2.37. The van der Waals surface area contributed by atoms with Gasteiger partial charge in [0.15, 0.2) is 5.11 Å². The van der Waals surface area contributed by atoms with Gasteiger partial charge in [0.05, 0.1) is 13.0 Å². The van der Waals surface area contributed by atoms with Crippen LogP contribution in [0.3, 0.4) is 0 Å². The first-order chi connectivity index (χ1) is 15.4. The molecule has 170 valence electrons. The van der Waals surface area contributed by atoms with Crippen molar-refractivity contribution in [3.05, 3.63) is 71.8 Å². The van der Waals surface area contributed by atoms with E-state index in [1.165, 1.54) is 0 Å². The van der Waals surface area contributed by atoms with E-state index in [2.05, 4.69) is 5.32 Å². The minimum atomic E-state index is -0.443. The highest BCUT2D eigenvalue weighted by Gasteiger charge is 2.15. The van der Waals surface area contributed by atoms with Gasteiger partial charge in [0.2, 0.25) is 11.8 Å². The summed E-state index contributed by atoms with van der Waals surface area (Å²) in [5, 5.41) is 2.85. The first-order valence-electron chi connectivity index (χ1n) is 10.5. The number of hydrogen-bond donors (Lipinski definition) is 2. The Morgan fingerprint density at radius 2 is 1.44 bits per heavy atom. The number of nitrogens with two attached hydrogens (primary N) is 1. The van der Waals surface area contributed by atoms with Crippen molar-refractivity contribution in [2.45, 2.75) is 32.1 Å². The third kappa shape index (κ3) is 10.2. The van der Waals surface area contributed by atoms with Gasteiger partial charge in [-0.3, -0.25) is 14.4 Å². The lowest BCUT2D eigenvalue weighted by atomic mass is 10.1. The SMILES string of the molecule is NC(=O)CCN(CCc1ccccc1)C(=S)NC(=O)CCC(=O)OCCc1ccccc1.